The van der Waals surface area contributed by atoms with Gasteiger partial charge in [0.1, 0.15) is 5.75 Å². The zero-order valence-electron chi connectivity index (χ0n) is 13.6. The summed E-state index contributed by atoms with van der Waals surface area (Å²) in [6, 6.07) is 17.7. The number of fused-ring (bicyclic) bond motifs is 1. The van der Waals surface area contributed by atoms with Crippen molar-refractivity contribution in [1.82, 2.24) is 10.3 Å². The zero-order chi connectivity index (χ0) is 16.8. The van der Waals surface area contributed by atoms with Crippen LogP contribution in [0.3, 0.4) is 0 Å². The molecule has 1 aromatic heterocycles. The molecular weight excluding hydrogens is 300 g/mol. The zero-order valence-corrected chi connectivity index (χ0v) is 13.6. The highest BCUT2D eigenvalue weighted by Crippen LogP contribution is 2.22. The Morgan fingerprint density at radius 1 is 1.12 bits per heavy atom. The molecule has 1 amide bonds. The van der Waals surface area contributed by atoms with E-state index in [2.05, 4.69) is 16.4 Å². The topological polar surface area (TPSA) is 51.2 Å². The highest BCUT2D eigenvalue weighted by Gasteiger charge is 2.18. The van der Waals surface area contributed by atoms with Gasteiger partial charge in [0.05, 0.1) is 0 Å². The first kappa shape index (κ1) is 16.0. The van der Waals surface area contributed by atoms with Crippen LogP contribution < -0.4 is 10.1 Å². The molecule has 0 saturated heterocycles. The molecule has 0 aliphatic rings. The van der Waals surface area contributed by atoms with Gasteiger partial charge in [0.2, 0.25) is 0 Å². The summed E-state index contributed by atoms with van der Waals surface area (Å²) in [5.41, 5.74) is 0.964. The third-order valence-electron chi connectivity index (χ3n) is 3.85. The molecule has 0 radical (unpaired) electrons. The largest absolute Gasteiger partial charge is 0.481 e. The number of rotatable bonds is 6. The molecule has 1 atom stereocenters. The lowest BCUT2D eigenvalue weighted by Gasteiger charge is -2.17. The van der Waals surface area contributed by atoms with Crippen LogP contribution in [0.5, 0.6) is 5.75 Å². The van der Waals surface area contributed by atoms with Crippen LogP contribution in [0.15, 0.2) is 67.0 Å². The minimum absolute atomic E-state index is 0.116. The van der Waals surface area contributed by atoms with Crippen LogP contribution in [-0.2, 0) is 11.3 Å². The van der Waals surface area contributed by atoms with Gasteiger partial charge in [-0.3, -0.25) is 9.78 Å². The van der Waals surface area contributed by atoms with Gasteiger partial charge in [-0.1, -0.05) is 43.3 Å². The second-order valence-electron chi connectivity index (χ2n) is 5.60. The summed E-state index contributed by atoms with van der Waals surface area (Å²) in [5, 5.41) is 5.15. The number of nitrogens with zero attached hydrogens (tertiary/aromatic N) is 1. The molecule has 0 spiro atoms. The lowest BCUT2D eigenvalue weighted by molar-refractivity contribution is -0.128. The number of pyridine rings is 1. The van der Waals surface area contributed by atoms with Crippen molar-refractivity contribution in [3.05, 3.63) is 72.6 Å². The van der Waals surface area contributed by atoms with Crippen LogP contribution in [-0.4, -0.2) is 17.0 Å². The number of hydrogen-bond donors (Lipinski definition) is 1. The average molecular weight is 320 g/mol. The molecular formula is C20H20N2O2. The maximum absolute atomic E-state index is 12.4. The first-order valence-electron chi connectivity index (χ1n) is 8.08. The maximum atomic E-state index is 12.4. The van der Waals surface area contributed by atoms with E-state index in [1.165, 1.54) is 0 Å². The standard InChI is InChI=1S/C20H20N2O2/c1-2-19(20(23)22-14-15-6-5-11-21-13-15)24-18-10-9-16-7-3-4-8-17(16)12-18/h3-13,19H,2,14H2,1H3,(H,22,23)/t19-/m0/s1. The Hall–Kier alpha value is -2.88. The Morgan fingerprint density at radius 3 is 2.71 bits per heavy atom. The van der Waals surface area contributed by atoms with E-state index in [0.29, 0.717) is 18.7 Å². The SMILES string of the molecule is CC[C@H](Oc1ccc2ccccc2c1)C(=O)NCc1cccnc1. The number of benzene rings is 2. The highest BCUT2D eigenvalue weighted by atomic mass is 16.5. The van der Waals surface area contributed by atoms with E-state index in [1.807, 2.05) is 55.5 Å². The number of carbonyl (C=O) groups is 1. The van der Waals surface area contributed by atoms with E-state index in [9.17, 15) is 4.79 Å². The van der Waals surface area contributed by atoms with Crippen molar-refractivity contribution in [2.45, 2.75) is 26.0 Å². The molecule has 4 nitrogen and oxygen atoms in total. The van der Waals surface area contributed by atoms with E-state index in [-0.39, 0.29) is 5.91 Å². The Morgan fingerprint density at radius 2 is 1.96 bits per heavy atom. The first-order chi connectivity index (χ1) is 11.8. The van der Waals surface area contributed by atoms with Gasteiger partial charge in [0, 0.05) is 18.9 Å². The predicted molar refractivity (Wildman–Crippen MR) is 94.7 cm³/mol. The monoisotopic (exact) mass is 320 g/mol. The molecule has 0 unspecified atom stereocenters. The summed E-state index contributed by atoms with van der Waals surface area (Å²) in [6.07, 6.45) is 3.54. The van der Waals surface area contributed by atoms with E-state index < -0.39 is 6.10 Å². The van der Waals surface area contributed by atoms with Crippen LogP contribution in [0.2, 0.25) is 0 Å². The smallest absolute Gasteiger partial charge is 0.261 e. The van der Waals surface area contributed by atoms with E-state index in [4.69, 9.17) is 4.74 Å². The lowest BCUT2D eigenvalue weighted by Crippen LogP contribution is -2.37. The first-order valence-corrected chi connectivity index (χ1v) is 8.08. The van der Waals surface area contributed by atoms with Crippen molar-refractivity contribution in [2.75, 3.05) is 0 Å². The van der Waals surface area contributed by atoms with Crippen molar-refractivity contribution >= 4 is 16.7 Å². The fraction of sp³-hybridized carbons (Fsp3) is 0.200. The Balaban J connectivity index is 1.65. The van der Waals surface area contributed by atoms with E-state index in [1.54, 1.807) is 12.4 Å². The Kier molecular flexibility index (Phi) is 5.06. The summed E-state index contributed by atoms with van der Waals surface area (Å²) < 4.78 is 5.89. The van der Waals surface area contributed by atoms with Crippen molar-refractivity contribution in [2.24, 2.45) is 0 Å². The third-order valence-corrected chi connectivity index (χ3v) is 3.85. The normalized spacial score (nSPS) is 11.9. The van der Waals surface area contributed by atoms with Gasteiger partial charge in [0.15, 0.2) is 6.10 Å². The minimum atomic E-state index is -0.511. The molecule has 122 valence electrons. The number of nitrogens with one attached hydrogen (secondary N) is 1. The molecule has 1 heterocycles. The molecule has 3 rings (SSSR count). The molecule has 0 fully saturated rings. The van der Waals surface area contributed by atoms with Crippen LogP contribution in [0, 0.1) is 0 Å². The molecule has 0 bridgehead atoms. The lowest BCUT2D eigenvalue weighted by atomic mass is 10.1. The van der Waals surface area contributed by atoms with Crippen LogP contribution in [0.25, 0.3) is 10.8 Å². The van der Waals surface area contributed by atoms with Crippen LogP contribution in [0.1, 0.15) is 18.9 Å². The van der Waals surface area contributed by atoms with Crippen molar-refractivity contribution in [3.63, 3.8) is 0 Å². The molecule has 24 heavy (non-hydrogen) atoms. The molecule has 0 aliphatic carbocycles. The molecule has 1 N–H and O–H groups in total. The molecule has 0 saturated carbocycles. The number of ether oxygens (including phenoxy) is 1. The summed E-state index contributed by atoms with van der Waals surface area (Å²) in [4.78, 5) is 16.4. The van der Waals surface area contributed by atoms with Crippen molar-refractivity contribution in [1.29, 1.82) is 0 Å². The maximum Gasteiger partial charge on any atom is 0.261 e. The molecule has 3 aromatic rings. The highest BCUT2D eigenvalue weighted by molar-refractivity contribution is 5.84. The van der Waals surface area contributed by atoms with Crippen LogP contribution in [0.4, 0.5) is 0 Å². The van der Waals surface area contributed by atoms with Gasteiger partial charge in [-0.05, 0) is 41.0 Å². The Bertz CT molecular complexity index is 818. The molecule has 0 aliphatic heterocycles. The van der Waals surface area contributed by atoms with Gasteiger partial charge in [-0.15, -0.1) is 0 Å². The van der Waals surface area contributed by atoms with E-state index in [0.717, 1.165) is 16.3 Å². The number of hydrogen-bond acceptors (Lipinski definition) is 3. The van der Waals surface area contributed by atoms with Gasteiger partial charge in [0.25, 0.3) is 5.91 Å². The molecule has 4 heteroatoms. The van der Waals surface area contributed by atoms with Gasteiger partial charge in [-0.25, -0.2) is 0 Å². The fourth-order valence-electron chi connectivity index (χ4n) is 2.53. The van der Waals surface area contributed by atoms with E-state index >= 15 is 0 Å². The average Bonchev–Trinajstić information content (AvgIpc) is 2.65. The summed E-state index contributed by atoms with van der Waals surface area (Å²) in [6.45, 7) is 2.39. The van der Waals surface area contributed by atoms with Crippen LogP contribution >= 0.6 is 0 Å². The van der Waals surface area contributed by atoms with Gasteiger partial charge < -0.3 is 10.1 Å². The summed E-state index contributed by atoms with van der Waals surface area (Å²) >= 11 is 0. The Labute approximate surface area is 141 Å². The quantitative estimate of drug-likeness (QED) is 0.753. The minimum Gasteiger partial charge on any atom is -0.481 e. The predicted octanol–water partition coefficient (Wildman–Crippen LogP) is 3.71. The van der Waals surface area contributed by atoms with Crippen molar-refractivity contribution in [3.8, 4) is 5.75 Å². The third kappa shape index (κ3) is 3.90. The summed E-state index contributed by atoms with van der Waals surface area (Å²) in [5.74, 6) is 0.589. The number of aromatic nitrogens is 1. The van der Waals surface area contributed by atoms with Crippen molar-refractivity contribution < 1.29 is 9.53 Å². The second kappa shape index (κ2) is 7.59. The van der Waals surface area contributed by atoms with Gasteiger partial charge >= 0.3 is 0 Å². The summed E-state index contributed by atoms with van der Waals surface area (Å²) in [7, 11) is 0. The fourth-order valence-corrected chi connectivity index (χ4v) is 2.53. The van der Waals surface area contributed by atoms with Gasteiger partial charge in [-0.2, -0.15) is 0 Å². The number of amides is 1. The number of carbonyl (C=O) groups excluding carboxylic acids is 1. The second-order valence-corrected chi connectivity index (χ2v) is 5.60. The molecule has 2 aromatic carbocycles.